The fraction of sp³-hybridized carbons (Fsp3) is 0.900. The summed E-state index contributed by atoms with van der Waals surface area (Å²) in [5.74, 6) is -0.202. The van der Waals surface area contributed by atoms with E-state index in [1.54, 1.807) is 14.1 Å². The number of nitrogens with zero attached hydrogens (tertiary/aromatic N) is 1. The van der Waals surface area contributed by atoms with Crippen molar-refractivity contribution in [2.45, 2.75) is 18.9 Å². The van der Waals surface area contributed by atoms with Gasteiger partial charge in [-0.1, -0.05) is 0 Å². The van der Waals surface area contributed by atoms with E-state index in [-0.39, 0.29) is 47.9 Å². The highest BCUT2D eigenvalue weighted by Gasteiger charge is 2.24. The average molecular weight is 291 g/mol. The predicted molar refractivity (Wildman–Crippen MR) is 62.2 cm³/mol. The Kier molecular flexibility index (Phi) is 10.1. The number of quaternary nitrogens is 1. The maximum atomic E-state index is 12.4. The summed E-state index contributed by atoms with van der Waals surface area (Å²) in [6.45, 7) is 1.23. The summed E-state index contributed by atoms with van der Waals surface area (Å²) in [4.78, 5) is 11.4. The fourth-order valence-corrected chi connectivity index (χ4v) is 1.44. The van der Waals surface area contributed by atoms with Gasteiger partial charge in [0.05, 0.1) is 14.1 Å². The second kappa shape index (κ2) is 8.91. The van der Waals surface area contributed by atoms with Crippen LogP contribution in [0.25, 0.3) is 0 Å². The van der Waals surface area contributed by atoms with Crippen LogP contribution in [0, 0.1) is 0 Å². The average Bonchev–Trinajstić information content (AvgIpc) is 2.70. The van der Waals surface area contributed by atoms with E-state index in [0.717, 1.165) is 19.4 Å². The molecule has 1 N–H and O–H groups in total. The van der Waals surface area contributed by atoms with Crippen LogP contribution >= 0.6 is 12.4 Å². The predicted octanol–water partition coefficient (Wildman–Crippen LogP) is -2.29. The molecule has 0 radical (unpaired) electrons. The Morgan fingerprint density at radius 1 is 1.53 bits per heavy atom. The van der Waals surface area contributed by atoms with Crippen LogP contribution in [0.2, 0.25) is 0 Å². The Labute approximate surface area is 114 Å². The molecule has 104 valence electrons. The van der Waals surface area contributed by atoms with Crippen LogP contribution in [0.3, 0.4) is 0 Å². The van der Waals surface area contributed by atoms with Crippen LogP contribution in [-0.2, 0) is 9.53 Å². The van der Waals surface area contributed by atoms with Crippen molar-refractivity contribution in [2.75, 3.05) is 40.6 Å². The summed E-state index contributed by atoms with van der Waals surface area (Å²) in [6.07, 6.45) is 1.87. The third kappa shape index (κ3) is 7.03. The van der Waals surface area contributed by atoms with Crippen molar-refractivity contribution in [3.8, 4) is 0 Å². The molecule has 1 aliphatic rings. The molecule has 1 heterocycles. The lowest BCUT2D eigenvalue weighted by atomic mass is 10.2. The van der Waals surface area contributed by atoms with Gasteiger partial charge in [0.25, 0.3) is 0 Å². The van der Waals surface area contributed by atoms with Crippen molar-refractivity contribution < 1.29 is 30.8 Å². The normalized spacial score (nSPS) is 19.1. The van der Waals surface area contributed by atoms with Crippen molar-refractivity contribution in [3.05, 3.63) is 0 Å². The zero-order valence-corrected chi connectivity index (χ0v) is 11.8. The van der Waals surface area contributed by atoms with Crippen LogP contribution in [0.4, 0.5) is 4.39 Å². The molecule has 1 saturated heterocycles. The van der Waals surface area contributed by atoms with Gasteiger partial charge in [-0.05, 0) is 19.4 Å². The number of ether oxygens (including phenoxy) is 1. The van der Waals surface area contributed by atoms with E-state index in [1.165, 1.54) is 0 Å². The molecule has 1 atom stereocenters. The molecule has 0 amide bonds. The van der Waals surface area contributed by atoms with E-state index in [9.17, 15) is 9.18 Å². The second-order valence-corrected chi connectivity index (χ2v) is 4.60. The van der Waals surface area contributed by atoms with Gasteiger partial charge in [-0.2, -0.15) is 4.39 Å². The third-order valence-corrected chi connectivity index (χ3v) is 2.61. The second-order valence-electron chi connectivity index (χ2n) is 4.60. The lowest BCUT2D eigenvalue weighted by Gasteiger charge is -2.25. The van der Waals surface area contributed by atoms with Gasteiger partial charge in [-0.15, -0.1) is 12.4 Å². The van der Waals surface area contributed by atoms with Crippen LogP contribution in [0.15, 0.2) is 0 Å². The van der Waals surface area contributed by atoms with Crippen molar-refractivity contribution in [2.24, 2.45) is 0 Å². The summed E-state index contributed by atoms with van der Waals surface area (Å²) < 4.78 is 17.7. The standard InChI is InChI=1S/C10H20FN2O2.2ClH/c1-13(2,8-11)6-7-15-10(14)9-4-3-5-12-9;;/h9,12H,3-8H2,1-2H3;2*1H/q+1;;/p-1. The van der Waals surface area contributed by atoms with Gasteiger partial charge >= 0.3 is 5.97 Å². The van der Waals surface area contributed by atoms with Crippen LogP contribution in [0.5, 0.6) is 0 Å². The Morgan fingerprint density at radius 3 is 2.65 bits per heavy atom. The van der Waals surface area contributed by atoms with E-state index in [0.29, 0.717) is 6.54 Å². The minimum Gasteiger partial charge on any atom is -1.00 e. The van der Waals surface area contributed by atoms with E-state index in [4.69, 9.17) is 4.74 Å². The summed E-state index contributed by atoms with van der Waals surface area (Å²) in [6, 6.07) is -0.147. The zero-order chi connectivity index (χ0) is 11.3. The summed E-state index contributed by atoms with van der Waals surface area (Å²) in [5, 5.41) is 3.06. The summed E-state index contributed by atoms with van der Waals surface area (Å²) in [7, 11) is 3.53. The maximum absolute atomic E-state index is 12.4. The van der Waals surface area contributed by atoms with Gasteiger partial charge in [-0.25, -0.2) is 0 Å². The topological polar surface area (TPSA) is 38.3 Å². The third-order valence-electron chi connectivity index (χ3n) is 2.61. The molecular formula is C10H21Cl2FN2O2. The first-order valence-corrected chi connectivity index (χ1v) is 5.33. The van der Waals surface area contributed by atoms with Crippen molar-refractivity contribution in [3.63, 3.8) is 0 Å². The molecule has 0 aromatic rings. The molecule has 0 saturated carbocycles. The minimum atomic E-state index is -0.445. The van der Waals surface area contributed by atoms with Crippen molar-refractivity contribution >= 4 is 18.4 Å². The van der Waals surface area contributed by atoms with Gasteiger partial charge in [0, 0.05) is 0 Å². The highest BCUT2D eigenvalue weighted by atomic mass is 35.5. The van der Waals surface area contributed by atoms with Crippen molar-refractivity contribution in [1.29, 1.82) is 0 Å². The smallest absolute Gasteiger partial charge is 0.323 e. The minimum absolute atomic E-state index is 0. The monoisotopic (exact) mass is 290 g/mol. The summed E-state index contributed by atoms with van der Waals surface area (Å²) >= 11 is 0. The van der Waals surface area contributed by atoms with Gasteiger partial charge in [0.2, 0.25) is 6.80 Å². The number of halogens is 3. The Balaban J connectivity index is 0. The van der Waals surface area contributed by atoms with Gasteiger partial charge < -0.3 is 22.5 Å². The number of esters is 1. The maximum Gasteiger partial charge on any atom is 0.323 e. The number of rotatable bonds is 5. The summed E-state index contributed by atoms with van der Waals surface area (Å²) in [5.41, 5.74) is 0. The van der Waals surface area contributed by atoms with E-state index < -0.39 is 6.80 Å². The van der Waals surface area contributed by atoms with E-state index >= 15 is 0 Å². The fourth-order valence-electron chi connectivity index (χ4n) is 1.44. The first-order valence-electron chi connectivity index (χ1n) is 5.33. The quantitative estimate of drug-likeness (QED) is 0.352. The zero-order valence-electron chi connectivity index (χ0n) is 10.2. The van der Waals surface area contributed by atoms with E-state index in [2.05, 4.69) is 5.32 Å². The molecule has 0 aromatic carbocycles. The molecule has 7 heteroatoms. The number of hydrogen-bond acceptors (Lipinski definition) is 3. The number of alkyl halides is 1. The van der Waals surface area contributed by atoms with Gasteiger partial charge in [0.1, 0.15) is 19.2 Å². The molecule has 1 fully saturated rings. The number of carbonyl (C=O) groups excluding carboxylic acids is 1. The SMILES string of the molecule is C[N+](C)(CF)CCOC(=O)C1CCCN1.Cl.[Cl-]. The number of carbonyl (C=O) groups is 1. The highest BCUT2D eigenvalue weighted by molar-refractivity contribution is 5.85. The Hall–Kier alpha value is -0.100. The lowest BCUT2D eigenvalue weighted by molar-refractivity contribution is -0.902. The van der Waals surface area contributed by atoms with E-state index in [1.807, 2.05) is 0 Å². The van der Waals surface area contributed by atoms with Crippen LogP contribution in [-0.4, -0.2) is 57.1 Å². The molecule has 4 nitrogen and oxygen atoms in total. The first kappa shape index (κ1) is 19.2. The number of likely N-dealkylation sites (N-methyl/N-ethyl adjacent to an activating group) is 1. The molecule has 0 aromatic heterocycles. The molecule has 1 rings (SSSR count). The number of nitrogens with one attached hydrogen (secondary N) is 1. The molecule has 1 unspecified atom stereocenters. The lowest BCUT2D eigenvalue weighted by Crippen LogP contribution is -3.00. The molecule has 0 bridgehead atoms. The van der Waals surface area contributed by atoms with Crippen LogP contribution in [0.1, 0.15) is 12.8 Å². The Bertz CT molecular complexity index is 224. The molecular weight excluding hydrogens is 270 g/mol. The van der Waals surface area contributed by atoms with Gasteiger partial charge in [0.15, 0.2) is 0 Å². The molecule has 17 heavy (non-hydrogen) atoms. The largest absolute Gasteiger partial charge is 1.00 e. The van der Waals surface area contributed by atoms with Crippen LogP contribution < -0.4 is 17.7 Å². The Morgan fingerprint density at radius 2 is 2.18 bits per heavy atom. The number of hydrogen-bond donors (Lipinski definition) is 1. The molecule has 1 aliphatic heterocycles. The van der Waals surface area contributed by atoms with Gasteiger partial charge in [-0.3, -0.25) is 9.28 Å². The van der Waals surface area contributed by atoms with Crippen molar-refractivity contribution in [1.82, 2.24) is 5.32 Å². The highest BCUT2D eigenvalue weighted by Crippen LogP contribution is 2.06. The molecule has 0 spiro atoms. The first-order chi connectivity index (χ1) is 7.05. The molecule has 0 aliphatic carbocycles.